The summed E-state index contributed by atoms with van der Waals surface area (Å²) >= 11 is 0. The smallest absolute Gasteiger partial charge is 0.131 e. The second-order valence-corrected chi connectivity index (χ2v) is 4.49. The predicted molar refractivity (Wildman–Crippen MR) is 77.8 cm³/mol. The predicted octanol–water partition coefficient (Wildman–Crippen LogP) is 2.86. The lowest BCUT2D eigenvalue weighted by Crippen LogP contribution is -2.04. The molecule has 0 saturated carbocycles. The van der Waals surface area contributed by atoms with Crippen LogP contribution in [-0.4, -0.2) is 16.7 Å². The van der Waals surface area contributed by atoms with Crippen LogP contribution in [0, 0.1) is 0 Å². The highest BCUT2D eigenvalue weighted by Gasteiger charge is 2.14. The number of aryl methyl sites for hydroxylation is 1. The lowest BCUT2D eigenvalue weighted by Gasteiger charge is -2.05. The maximum atomic E-state index is 6.22. The second kappa shape index (κ2) is 5.89. The first-order chi connectivity index (χ1) is 9.21. The minimum atomic E-state index is 0.600. The van der Waals surface area contributed by atoms with E-state index in [1.54, 1.807) is 7.11 Å². The van der Waals surface area contributed by atoms with Crippen molar-refractivity contribution in [2.75, 3.05) is 12.8 Å². The molecule has 102 valence electrons. The number of nitrogens with zero attached hydrogens (tertiary/aromatic N) is 2. The van der Waals surface area contributed by atoms with Gasteiger partial charge in [-0.05, 0) is 18.6 Å². The molecule has 0 unspecified atom stereocenters. The van der Waals surface area contributed by atoms with Crippen molar-refractivity contribution in [3.8, 4) is 11.3 Å². The van der Waals surface area contributed by atoms with Crippen molar-refractivity contribution in [1.29, 1.82) is 0 Å². The zero-order valence-corrected chi connectivity index (χ0v) is 11.8. The molecule has 4 heteroatoms. The average molecular weight is 259 g/mol. The standard InChI is InChI=1S/C15H21N3O/c1-4-13-17-14(15(16)18(13)5-2)12-8-6-7-11(9-12)10-19-3/h6-9H,4-5,10,16H2,1-3H3. The van der Waals surface area contributed by atoms with Crippen molar-refractivity contribution in [2.45, 2.75) is 33.4 Å². The van der Waals surface area contributed by atoms with E-state index >= 15 is 0 Å². The van der Waals surface area contributed by atoms with Crippen molar-refractivity contribution in [1.82, 2.24) is 9.55 Å². The topological polar surface area (TPSA) is 53.1 Å². The fourth-order valence-corrected chi connectivity index (χ4v) is 2.32. The third-order valence-electron chi connectivity index (χ3n) is 3.23. The molecule has 2 rings (SSSR count). The minimum absolute atomic E-state index is 0.600. The number of anilines is 1. The molecule has 4 nitrogen and oxygen atoms in total. The van der Waals surface area contributed by atoms with E-state index in [2.05, 4.69) is 29.5 Å². The number of rotatable bonds is 5. The number of nitrogen functional groups attached to an aromatic ring is 1. The van der Waals surface area contributed by atoms with E-state index in [1.165, 1.54) is 0 Å². The van der Waals surface area contributed by atoms with Crippen LogP contribution < -0.4 is 5.73 Å². The maximum Gasteiger partial charge on any atom is 0.131 e. The van der Waals surface area contributed by atoms with Gasteiger partial charge in [0, 0.05) is 25.6 Å². The van der Waals surface area contributed by atoms with Crippen LogP contribution in [0.3, 0.4) is 0 Å². The van der Waals surface area contributed by atoms with E-state index < -0.39 is 0 Å². The Morgan fingerprint density at radius 2 is 2.11 bits per heavy atom. The Morgan fingerprint density at radius 3 is 2.68 bits per heavy atom. The normalized spacial score (nSPS) is 10.9. The van der Waals surface area contributed by atoms with Crippen LogP contribution in [0.5, 0.6) is 0 Å². The average Bonchev–Trinajstić information content (AvgIpc) is 2.75. The summed E-state index contributed by atoms with van der Waals surface area (Å²) in [6, 6.07) is 8.18. The maximum absolute atomic E-state index is 6.22. The van der Waals surface area contributed by atoms with E-state index in [9.17, 15) is 0 Å². The summed E-state index contributed by atoms with van der Waals surface area (Å²) < 4.78 is 7.23. The SMILES string of the molecule is CCc1nc(-c2cccc(COC)c2)c(N)n1CC. The number of aromatic nitrogens is 2. The van der Waals surface area contributed by atoms with Gasteiger partial charge in [0.2, 0.25) is 0 Å². The Labute approximate surface area is 114 Å². The molecule has 0 aliphatic rings. The molecule has 0 radical (unpaired) electrons. The number of hydrogen-bond donors (Lipinski definition) is 1. The second-order valence-electron chi connectivity index (χ2n) is 4.49. The zero-order chi connectivity index (χ0) is 13.8. The fraction of sp³-hybridized carbons (Fsp3) is 0.400. The highest BCUT2D eigenvalue weighted by atomic mass is 16.5. The van der Waals surface area contributed by atoms with Gasteiger partial charge in [0.25, 0.3) is 0 Å². The molecule has 1 heterocycles. The molecule has 0 aliphatic carbocycles. The summed E-state index contributed by atoms with van der Waals surface area (Å²) in [5, 5.41) is 0. The molecule has 1 aromatic heterocycles. The van der Waals surface area contributed by atoms with Crippen LogP contribution in [0.4, 0.5) is 5.82 Å². The van der Waals surface area contributed by atoms with Gasteiger partial charge in [0.15, 0.2) is 0 Å². The lowest BCUT2D eigenvalue weighted by molar-refractivity contribution is 0.185. The summed E-state index contributed by atoms with van der Waals surface area (Å²) in [5.74, 6) is 1.78. The summed E-state index contributed by atoms with van der Waals surface area (Å²) in [6.07, 6.45) is 0.885. The van der Waals surface area contributed by atoms with Gasteiger partial charge >= 0.3 is 0 Å². The molecule has 1 aromatic carbocycles. The Morgan fingerprint density at radius 1 is 1.32 bits per heavy atom. The molecule has 0 bridgehead atoms. The van der Waals surface area contributed by atoms with Crippen LogP contribution in [0.1, 0.15) is 25.2 Å². The molecule has 19 heavy (non-hydrogen) atoms. The summed E-state index contributed by atoms with van der Waals surface area (Å²) in [5.41, 5.74) is 9.27. The van der Waals surface area contributed by atoms with Crippen LogP contribution in [0.2, 0.25) is 0 Å². The molecule has 0 atom stereocenters. The Balaban J connectivity index is 2.46. The van der Waals surface area contributed by atoms with Crippen LogP contribution in [0.25, 0.3) is 11.3 Å². The number of nitrogens with two attached hydrogens (primary N) is 1. The minimum Gasteiger partial charge on any atom is -0.383 e. The Bertz CT molecular complexity index is 561. The van der Waals surface area contributed by atoms with Crippen molar-refractivity contribution >= 4 is 5.82 Å². The van der Waals surface area contributed by atoms with E-state index in [1.807, 2.05) is 18.2 Å². The molecule has 0 fully saturated rings. The van der Waals surface area contributed by atoms with Gasteiger partial charge in [-0.1, -0.05) is 25.1 Å². The third-order valence-corrected chi connectivity index (χ3v) is 3.23. The van der Waals surface area contributed by atoms with Gasteiger partial charge in [0.1, 0.15) is 17.3 Å². The van der Waals surface area contributed by atoms with Crippen molar-refractivity contribution in [2.24, 2.45) is 0 Å². The Hall–Kier alpha value is -1.81. The van der Waals surface area contributed by atoms with E-state index in [0.717, 1.165) is 41.4 Å². The van der Waals surface area contributed by atoms with Crippen molar-refractivity contribution in [3.63, 3.8) is 0 Å². The van der Waals surface area contributed by atoms with Gasteiger partial charge in [-0.15, -0.1) is 0 Å². The number of benzene rings is 1. The van der Waals surface area contributed by atoms with Gasteiger partial charge in [0.05, 0.1) is 6.61 Å². The third kappa shape index (κ3) is 2.63. The first kappa shape index (κ1) is 13.6. The van der Waals surface area contributed by atoms with E-state index in [0.29, 0.717) is 6.61 Å². The van der Waals surface area contributed by atoms with Gasteiger partial charge < -0.3 is 15.0 Å². The zero-order valence-electron chi connectivity index (χ0n) is 11.8. The first-order valence-corrected chi connectivity index (χ1v) is 6.64. The summed E-state index contributed by atoms with van der Waals surface area (Å²) in [7, 11) is 1.70. The van der Waals surface area contributed by atoms with Crippen LogP contribution in [-0.2, 0) is 24.3 Å². The molecule has 0 amide bonds. The van der Waals surface area contributed by atoms with Gasteiger partial charge in [-0.2, -0.15) is 0 Å². The monoisotopic (exact) mass is 259 g/mol. The summed E-state index contributed by atoms with van der Waals surface area (Å²) in [6.45, 7) is 5.63. The van der Waals surface area contributed by atoms with Crippen LogP contribution >= 0.6 is 0 Å². The molecular weight excluding hydrogens is 238 g/mol. The van der Waals surface area contributed by atoms with Crippen LogP contribution in [0.15, 0.2) is 24.3 Å². The van der Waals surface area contributed by atoms with E-state index in [-0.39, 0.29) is 0 Å². The molecule has 0 spiro atoms. The highest BCUT2D eigenvalue weighted by molar-refractivity contribution is 5.71. The van der Waals surface area contributed by atoms with E-state index in [4.69, 9.17) is 10.5 Å². The molecule has 0 aliphatic heterocycles. The molecule has 0 saturated heterocycles. The summed E-state index contributed by atoms with van der Waals surface area (Å²) in [4.78, 5) is 4.67. The lowest BCUT2D eigenvalue weighted by atomic mass is 10.1. The largest absolute Gasteiger partial charge is 0.383 e. The molecule has 2 N–H and O–H groups in total. The highest BCUT2D eigenvalue weighted by Crippen LogP contribution is 2.27. The number of imidazole rings is 1. The number of hydrogen-bond acceptors (Lipinski definition) is 3. The van der Waals surface area contributed by atoms with Crippen molar-refractivity contribution in [3.05, 3.63) is 35.7 Å². The molecular formula is C15H21N3O. The molecule has 2 aromatic rings. The van der Waals surface area contributed by atoms with Crippen molar-refractivity contribution < 1.29 is 4.74 Å². The fourth-order valence-electron chi connectivity index (χ4n) is 2.32. The quantitative estimate of drug-likeness (QED) is 0.898. The number of methoxy groups -OCH3 is 1. The first-order valence-electron chi connectivity index (χ1n) is 6.64. The van der Waals surface area contributed by atoms with Gasteiger partial charge in [-0.25, -0.2) is 4.98 Å². The van der Waals surface area contributed by atoms with Gasteiger partial charge in [-0.3, -0.25) is 0 Å². The Kier molecular flexibility index (Phi) is 4.22. The number of ether oxygens (including phenoxy) is 1.